The van der Waals surface area contributed by atoms with Crippen molar-refractivity contribution in [2.24, 2.45) is 0 Å². The normalized spacial score (nSPS) is 10.8. The molecule has 0 unspecified atom stereocenters. The molecule has 0 saturated heterocycles. The fourth-order valence-electron chi connectivity index (χ4n) is 1.68. The van der Waals surface area contributed by atoms with E-state index in [1.165, 1.54) is 17.8 Å². The zero-order valence-electron chi connectivity index (χ0n) is 10.9. The molecule has 19 heavy (non-hydrogen) atoms. The van der Waals surface area contributed by atoms with Crippen molar-refractivity contribution in [3.05, 3.63) is 47.8 Å². The number of thioether (sulfide) groups is 1. The average Bonchev–Trinajstić information content (AvgIpc) is 2.86. The number of hydrogen-bond acceptors (Lipinski definition) is 3. The Hall–Kier alpha value is -1.33. The zero-order chi connectivity index (χ0) is 13.5. The van der Waals surface area contributed by atoms with Crippen LogP contribution in [0, 0.1) is 5.82 Å². The molecule has 1 aromatic carbocycles. The summed E-state index contributed by atoms with van der Waals surface area (Å²) in [5, 5.41) is 3.31. The Morgan fingerprint density at radius 3 is 3.00 bits per heavy atom. The molecule has 0 bridgehead atoms. The van der Waals surface area contributed by atoms with Crippen molar-refractivity contribution in [2.75, 3.05) is 6.54 Å². The summed E-state index contributed by atoms with van der Waals surface area (Å²) in [4.78, 5) is 8.20. The third kappa shape index (κ3) is 4.36. The molecular weight excluding hydrogens is 261 g/mol. The van der Waals surface area contributed by atoms with Gasteiger partial charge in [-0.25, -0.2) is 9.37 Å². The van der Waals surface area contributed by atoms with E-state index in [0.717, 1.165) is 31.0 Å². The number of nitrogens with one attached hydrogen (secondary N) is 2. The van der Waals surface area contributed by atoms with Crippen LogP contribution in [0.1, 0.15) is 24.9 Å². The van der Waals surface area contributed by atoms with E-state index in [0.29, 0.717) is 10.6 Å². The van der Waals surface area contributed by atoms with Crippen molar-refractivity contribution >= 4 is 11.8 Å². The Bertz CT molecular complexity index is 513. The van der Waals surface area contributed by atoms with E-state index in [1.807, 2.05) is 12.3 Å². The molecule has 0 aliphatic heterocycles. The van der Waals surface area contributed by atoms with Crippen LogP contribution in [0.4, 0.5) is 4.39 Å². The number of imidazole rings is 1. The maximum atomic E-state index is 13.4. The summed E-state index contributed by atoms with van der Waals surface area (Å²) in [6, 6.07) is 6.80. The molecule has 2 rings (SSSR count). The molecule has 0 aliphatic rings. The number of nitrogens with zero attached hydrogens (tertiary/aromatic N) is 1. The van der Waals surface area contributed by atoms with Gasteiger partial charge in [0.25, 0.3) is 0 Å². The lowest BCUT2D eigenvalue weighted by Crippen LogP contribution is -2.13. The van der Waals surface area contributed by atoms with E-state index in [1.54, 1.807) is 12.1 Å². The van der Waals surface area contributed by atoms with Gasteiger partial charge in [0.05, 0.1) is 5.75 Å². The van der Waals surface area contributed by atoms with Crippen LogP contribution in [-0.4, -0.2) is 16.5 Å². The number of halogens is 1. The minimum absolute atomic E-state index is 0.177. The summed E-state index contributed by atoms with van der Waals surface area (Å²) in [7, 11) is 0. The molecule has 0 spiro atoms. The number of benzene rings is 1. The van der Waals surface area contributed by atoms with Crippen LogP contribution in [0.3, 0.4) is 0 Å². The lowest BCUT2D eigenvalue weighted by atomic mass is 10.3. The fourth-order valence-corrected chi connectivity index (χ4v) is 2.50. The molecular formula is C14H18FN3S. The number of aromatic nitrogens is 2. The summed E-state index contributed by atoms with van der Waals surface area (Å²) < 4.78 is 13.4. The Labute approximate surface area is 117 Å². The lowest BCUT2D eigenvalue weighted by Gasteiger charge is -2.01. The van der Waals surface area contributed by atoms with Gasteiger partial charge in [0.1, 0.15) is 11.6 Å². The first-order valence-electron chi connectivity index (χ1n) is 6.40. The van der Waals surface area contributed by atoms with Crippen molar-refractivity contribution in [1.82, 2.24) is 15.3 Å². The molecule has 0 saturated carbocycles. The highest BCUT2D eigenvalue weighted by atomic mass is 32.2. The van der Waals surface area contributed by atoms with Crippen LogP contribution in [0.2, 0.25) is 0 Å². The Kier molecular flexibility index (Phi) is 5.42. The second kappa shape index (κ2) is 7.31. The molecule has 0 atom stereocenters. The summed E-state index contributed by atoms with van der Waals surface area (Å²) in [6.07, 6.45) is 2.95. The van der Waals surface area contributed by atoms with Gasteiger partial charge in [-0.15, -0.1) is 11.8 Å². The van der Waals surface area contributed by atoms with Crippen LogP contribution >= 0.6 is 11.8 Å². The van der Waals surface area contributed by atoms with Crippen molar-refractivity contribution in [3.8, 4) is 0 Å². The number of aromatic amines is 1. The van der Waals surface area contributed by atoms with E-state index in [9.17, 15) is 4.39 Å². The van der Waals surface area contributed by atoms with Gasteiger partial charge in [-0.05, 0) is 25.1 Å². The first-order chi connectivity index (χ1) is 9.29. The van der Waals surface area contributed by atoms with Crippen molar-refractivity contribution in [1.29, 1.82) is 0 Å². The highest BCUT2D eigenvalue weighted by molar-refractivity contribution is 7.98. The molecule has 2 N–H and O–H groups in total. The largest absolute Gasteiger partial charge is 0.344 e. The molecule has 2 aromatic rings. The van der Waals surface area contributed by atoms with Crippen molar-refractivity contribution in [2.45, 2.75) is 30.5 Å². The van der Waals surface area contributed by atoms with Gasteiger partial charge in [0, 0.05) is 23.3 Å². The van der Waals surface area contributed by atoms with Gasteiger partial charge in [0.15, 0.2) is 0 Å². The molecule has 1 aromatic heterocycles. The van der Waals surface area contributed by atoms with Gasteiger partial charge in [-0.3, -0.25) is 0 Å². The average molecular weight is 279 g/mol. The van der Waals surface area contributed by atoms with Crippen molar-refractivity contribution in [3.63, 3.8) is 0 Å². The Morgan fingerprint density at radius 1 is 1.37 bits per heavy atom. The highest BCUT2D eigenvalue weighted by Gasteiger charge is 2.04. The maximum Gasteiger partial charge on any atom is 0.136 e. The SMILES string of the molecule is CCCNCc1cnc(CSc2ccccc2F)[nH]1. The summed E-state index contributed by atoms with van der Waals surface area (Å²) in [5.74, 6) is 1.35. The monoisotopic (exact) mass is 279 g/mol. The lowest BCUT2D eigenvalue weighted by molar-refractivity contribution is 0.602. The summed E-state index contributed by atoms with van der Waals surface area (Å²) >= 11 is 1.45. The van der Waals surface area contributed by atoms with E-state index in [2.05, 4.69) is 22.2 Å². The molecule has 1 heterocycles. The third-order valence-electron chi connectivity index (χ3n) is 2.62. The number of hydrogen-bond donors (Lipinski definition) is 2. The van der Waals surface area contributed by atoms with E-state index in [-0.39, 0.29) is 5.82 Å². The van der Waals surface area contributed by atoms with Crippen LogP contribution in [0.5, 0.6) is 0 Å². The number of H-pyrrole nitrogens is 1. The Morgan fingerprint density at radius 2 is 2.21 bits per heavy atom. The second-order valence-corrected chi connectivity index (χ2v) is 5.27. The van der Waals surface area contributed by atoms with Crippen LogP contribution in [0.25, 0.3) is 0 Å². The predicted molar refractivity (Wildman–Crippen MR) is 76.5 cm³/mol. The Balaban J connectivity index is 1.85. The summed E-state index contributed by atoms with van der Waals surface area (Å²) in [5.41, 5.74) is 1.07. The zero-order valence-corrected chi connectivity index (χ0v) is 11.8. The van der Waals surface area contributed by atoms with Gasteiger partial charge < -0.3 is 10.3 Å². The quantitative estimate of drug-likeness (QED) is 0.603. The molecule has 102 valence electrons. The van der Waals surface area contributed by atoms with Gasteiger partial charge in [-0.1, -0.05) is 19.1 Å². The molecule has 0 aliphatic carbocycles. The second-order valence-electron chi connectivity index (χ2n) is 4.25. The minimum Gasteiger partial charge on any atom is -0.344 e. The molecule has 0 radical (unpaired) electrons. The highest BCUT2D eigenvalue weighted by Crippen LogP contribution is 2.24. The topological polar surface area (TPSA) is 40.7 Å². The van der Waals surface area contributed by atoms with E-state index in [4.69, 9.17) is 0 Å². The van der Waals surface area contributed by atoms with Crippen molar-refractivity contribution < 1.29 is 4.39 Å². The molecule has 0 amide bonds. The number of rotatable bonds is 7. The smallest absolute Gasteiger partial charge is 0.136 e. The summed E-state index contributed by atoms with van der Waals surface area (Å²) in [6.45, 7) is 3.93. The third-order valence-corrected chi connectivity index (χ3v) is 3.68. The molecule has 3 nitrogen and oxygen atoms in total. The minimum atomic E-state index is -0.177. The molecule has 5 heteroatoms. The van der Waals surface area contributed by atoms with Gasteiger partial charge >= 0.3 is 0 Å². The van der Waals surface area contributed by atoms with Crippen LogP contribution in [0.15, 0.2) is 35.4 Å². The standard InChI is InChI=1S/C14H18FN3S/c1-2-7-16-8-11-9-17-14(18-11)10-19-13-6-4-3-5-12(13)15/h3-6,9,16H,2,7-8,10H2,1H3,(H,17,18). The van der Waals surface area contributed by atoms with Gasteiger partial charge in [0.2, 0.25) is 0 Å². The van der Waals surface area contributed by atoms with E-state index >= 15 is 0 Å². The molecule has 0 fully saturated rings. The van der Waals surface area contributed by atoms with Crippen LogP contribution < -0.4 is 5.32 Å². The predicted octanol–water partition coefficient (Wildman–Crippen LogP) is 3.34. The first-order valence-corrected chi connectivity index (χ1v) is 7.39. The van der Waals surface area contributed by atoms with Crippen LogP contribution in [-0.2, 0) is 12.3 Å². The van der Waals surface area contributed by atoms with Gasteiger partial charge in [-0.2, -0.15) is 0 Å². The van der Waals surface area contributed by atoms with E-state index < -0.39 is 0 Å². The fraction of sp³-hybridized carbons (Fsp3) is 0.357. The maximum absolute atomic E-state index is 13.4. The first kappa shape index (κ1) is 14.1.